The molecule has 0 spiro atoms. The van der Waals surface area contributed by atoms with Crippen molar-refractivity contribution in [3.8, 4) is 0 Å². The lowest BCUT2D eigenvalue weighted by Gasteiger charge is -2.02. The third-order valence-corrected chi connectivity index (χ3v) is 1.34. The number of H-pyrrole nitrogens is 1. The first kappa shape index (κ1) is 8.58. The van der Waals surface area contributed by atoms with Gasteiger partial charge in [0.1, 0.15) is 0 Å². The number of nitrogens with zero attached hydrogens (tertiary/aromatic N) is 1. The smallest absolute Gasteiger partial charge is 0.315 e. The number of hydrogen-bond acceptors (Lipinski definition) is 2. The van der Waals surface area contributed by atoms with Crippen molar-refractivity contribution >= 4 is 6.03 Å². The Labute approximate surface area is 70.5 Å². The molecule has 1 heterocycles. The Morgan fingerprint density at radius 3 is 3.08 bits per heavy atom. The maximum absolute atomic E-state index is 10.9. The quantitative estimate of drug-likeness (QED) is 0.604. The van der Waals surface area contributed by atoms with E-state index in [1.807, 2.05) is 13.0 Å². The highest BCUT2D eigenvalue weighted by Crippen LogP contribution is 1.88. The van der Waals surface area contributed by atoms with E-state index in [1.165, 1.54) is 0 Å². The van der Waals surface area contributed by atoms with Gasteiger partial charge in [0.2, 0.25) is 0 Å². The molecule has 12 heavy (non-hydrogen) atoms. The van der Waals surface area contributed by atoms with Crippen LogP contribution in [0, 0.1) is 0 Å². The minimum absolute atomic E-state index is 0.160. The third-order valence-electron chi connectivity index (χ3n) is 1.34. The van der Waals surface area contributed by atoms with Gasteiger partial charge in [0.15, 0.2) is 0 Å². The lowest BCUT2D eigenvalue weighted by atomic mass is 10.4. The van der Waals surface area contributed by atoms with Gasteiger partial charge in [0.05, 0.1) is 12.2 Å². The molecule has 1 rings (SSSR count). The van der Waals surface area contributed by atoms with E-state index in [2.05, 4.69) is 20.8 Å². The highest BCUT2D eigenvalue weighted by atomic mass is 16.2. The molecular formula is C7H12N4O. The predicted octanol–water partition coefficient (Wildman–Crippen LogP) is 0.229. The van der Waals surface area contributed by atoms with Gasteiger partial charge in [-0.3, -0.25) is 5.10 Å². The monoisotopic (exact) mass is 168 g/mol. The van der Waals surface area contributed by atoms with Gasteiger partial charge >= 0.3 is 6.03 Å². The van der Waals surface area contributed by atoms with Gasteiger partial charge in [-0.2, -0.15) is 5.10 Å². The van der Waals surface area contributed by atoms with Crippen LogP contribution in [0.5, 0.6) is 0 Å². The van der Waals surface area contributed by atoms with E-state index in [9.17, 15) is 4.79 Å². The number of carbonyl (C=O) groups is 1. The van der Waals surface area contributed by atoms with Gasteiger partial charge in [-0.05, 0) is 13.0 Å². The van der Waals surface area contributed by atoms with Crippen LogP contribution >= 0.6 is 0 Å². The fourth-order valence-corrected chi connectivity index (χ4v) is 0.782. The molecular weight excluding hydrogens is 156 g/mol. The molecule has 0 aliphatic carbocycles. The molecule has 0 unspecified atom stereocenters. The summed E-state index contributed by atoms with van der Waals surface area (Å²) in [7, 11) is 0. The molecule has 5 nitrogen and oxygen atoms in total. The molecule has 0 aliphatic heterocycles. The minimum atomic E-state index is -0.160. The van der Waals surface area contributed by atoms with Crippen LogP contribution in [0.2, 0.25) is 0 Å². The lowest BCUT2D eigenvalue weighted by Crippen LogP contribution is -2.34. The van der Waals surface area contributed by atoms with Crippen LogP contribution in [-0.2, 0) is 6.54 Å². The van der Waals surface area contributed by atoms with Crippen LogP contribution in [0.15, 0.2) is 12.3 Å². The molecule has 0 aromatic carbocycles. The fraction of sp³-hybridized carbons (Fsp3) is 0.429. The van der Waals surface area contributed by atoms with Gasteiger partial charge in [-0.15, -0.1) is 0 Å². The molecule has 0 fully saturated rings. The van der Waals surface area contributed by atoms with Gasteiger partial charge in [-0.1, -0.05) is 0 Å². The normalized spacial score (nSPS) is 9.42. The van der Waals surface area contributed by atoms with Gasteiger partial charge in [0, 0.05) is 12.7 Å². The van der Waals surface area contributed by atoms with Crippen LogP contribution in [0.25, 0.3) is 0 Å². The molecule has 0 bridgehead atoms. The second kappa shape index (κ2) is 4.38. The third kappa shape index (κ3) is 2.61. The zero-order valence-electron chi connectivity index (χ0n) is 6.92. The van der Waals surface area contributed by atoms with Crippen LogP contribution in [0.3, 0.4) is 0 Å². The van der Waals surface area contributed by atoms with Crippen LogP contribution in [0.4, 0.5) is 4.79 Å². The van der Waals surface area contributed by atoms with Crippen molar-refractivity contribution in [3.63, 3.8) is 0 Å². The summed E-state index contributed by atoms with van der Waals surface area (Å²) in [6.45, 7) is 2.98. The molecule has 0 saturated carbocycles. The number of aromatic nitrogens is 2. The molecule has 0 saturated heterocycles. The molecule has 0 radical (unpaired) electrons. The molecule has 0 aliphatic rings. The molecule has 0 atom stereocenters. The standard InChI is InChI=1S/C7H12N4O/c1-2-8-7(12)9-5-6-3-4-10-11-6/h3-4H,2,5H2,1H3,(H,10,11)(H2,8,9,12). The molecule has 5 heteroatoms. The first-order chi connectivity index (χ1) is 5.83. The summed E-state index contributed by atoms with van der Waals surface area (Å²) in [6.07, 6.45) is 1.65. The zero-order valence-corrected chi connectivity index (χ0v) is 6.92. The van der Waals surface area contributed by atoms with Crippen molar-refractivity contribution in [1.29, 1.82) is 0 Å². The fourth-order valence-electron chi connectivity index (χ4n) is 0.782. The summed E-state index contributed by atoms with van der Waals surface area (Å²) in [4.78, 5) is 10.9. The highest BCUT2D eigenvalue weighted by molar-refractivity contribution is 5.73. The van der Waals surface area contributed by atoms with Crippen molar-refractivity contribution in [1.82, 2.24) is 20.8 Å². The van der Waals surface area contributed by atoms with Gasteiger partial charge < -0.3 is 10.6 Å². The van der Waals surface area contributed by atoms with E-state index >= 15 is 0 Å². The van der Waals surface area contributed by atoms with Crippen LogP contribution in [-0.4, -0.2) is 22.8 Å². The number of hydrogen-bond donors (Lipinski definition) is 3. The summed E-state index contributed by atoms with van der Waals surface area (Å²) in [5.41, 5.74) is 0.890. The van der Waals surface area contributed by atoms with Crippen molar-refractivity contribution in [2.75, 3.05) is 6.54 Å². The van der Waals surface area contributed by atoms with Crippen molar-refractivity contribution in [2.24, 2.45) is 0 Å². The number of nitrogens with one attached hydrogen (secondary N) is 3. The summed E-state index contributed by atoms with van der Waals surface area (Å²) < 4.78 is 0. The first-order valence-corrected chi connectivity index (χ1v) is 3.83. The molecule has 3 N–H and O–H groups in total. The molecule has 1 aromatic rings. The summed E-state index contributed by atoms with van der Waals surface area (Å²) in [6, 6.07) is 1.65. The Morgan fingerprint density at radius 1 is 1.67 bits per heavy atom. The molecule has 1 aromatic heterocycles. The van der Waals surface area contributed by atoms with E-state index in [1.54, 1.807) is 6.20 Å². The predicted molar refractivity (Wildman–Crippen MR) is 44.5 cm³/mol. The number of rotatable bonds is 3. The number of aromatic amines is 1. The molecule has 66 valence electrons. The van der Waals surface area contributed by atoms with E-state index in [0.717, 1.165) is 5.69 Å². The van der Waals surface area contributed by atoms with Gasteiger partial charge in [0.25, 0.3) is 0 Å². The summed E-state index contributed by atoms with van der Waals surface area (Å²) in [5.74, 6) is 0. The Morgan fingerprint density at radius 2 is 2.50 bits per heavy atom. The maximum Gasteiger partial charge on any atom is 0.315 e. The van der Waals surface area contributed by atoms with E-state index in [-0.39, 0.29) is 6.03 Å². The van der Waals surface area contributed by atoms with Crippen molar-refractivity contribution in [2.45, 2.75) is 13.5 Å². The maximum atomic E-state index is 10.9. The summed E-state index contributed by atoms with van der Waals surface area (Å²) >= 11 is 0. The second-order valence-electron chi connectivity index (χ2n) is 2.29. The number of amides is 2. The van der Waals surface area contributed by atoms with Crippen molar-refractivity contribution < 1.29 is 4.79 Å². The first-order valence-electron chi connectivity index (χ1n) is 3.83. The number of carbonyl (C=O) groups excluding carboxylic acids is 1. The Kier molecular flexibility index (Phi) is 3.13. The lowest BCUT2D eigenvalue weighted by molar-refractivity contribution is 0.241. The average Bonchev–Trinajstić information content (AvgIpc) is 2.53. The zero-order chi connectivity index (χ0) is 8.81. The Hall–Kier alpha value is -1.52. The van der Waals surface area contributed by atoms with E-state index in [4.69, 9.17) is 0 Å². The van der Waals surface area contributed by atoms with Crippen molar-refractivity contribution in [3.05, 3.63) is 18.0 Å². The Balaban J connectivity index is 2.22. The molecule has 2 amide bonds. The highest BCUT2D eigenvalue weighted by Gasteiger charge is 1.97. The largest absolute Gasteiger partial charge is 0.338 e. The van der Waals surface area contributed by atoms with E-state index < -0.39 is 0 Å². The van der Waals surface area contributed by atoms with E-state index in [0.29, 0.717) is 13.1 Å². The topological polar surface area (TPSA) is 69.8 Å². The minimum Gasteiger partial charge on any atom is -0.338 e. The average molecular weight is 168 g/mol. The second-order valence-corrected chi connectivity index (χ2v) is 2.29. The number of urea groups is 1. The Bertz CT molecular complexity index is 232. The van der Waals surface area contributed by atoms with Crippen LogP contribution < -0.4 is 10.6 Å². The van der Waals surface area contributed by atoms with Gasteiger partial charge in [-0.25, -0.2) is 4.79 Å². The van der Waals surface area contributed by atoms with Crippen LogP contribution in [0.1, 0.15) is 12.6 Å². The SMILES string of the molecule is CCNC(=O)NCc1ccn[nH]1. The summed E-state index contributed by atoms with van der Waals surface area (Å²) in [5, 5.41) is 11.8.